The van der Waals surface area contributed by atoms with Crippen LogP contribution < -0.4 is 10.9 Å². The summed E-state index contributed by atoms with van der Waals surface area (Å²) in [4.78, 5) is 96.8. The van der Waals surface area contributed by atoms with Crippen LogP contribution in [0.25, 0.3) is 53.9 Å². The van der Waals surface area contributed by atoms with E-state index in [0.29, 0.717) is 36.1 Å². The molecule has 0 bridgehead atoms. The Bertz CT molecular complexity index is 5310. The van der Waals surface area contributed by atoms with Gasteiger partial charge in [-0.3, -0.25) is 53.5 Å². The van der Waals surface area contributed by atoms with E-state index in [2.05, 4.69) is 71.1 Å². The molecule has 10 aromatic carbocycles. The van der Waals surface area contributed by atoms with Crippen molar-refractivity contribution in [1.29, 1.82) is 0 Å². The van der Waals surface area contributed by atoms with Crippen molar-refractivity contribution in [2.45, 2.75) is 59.8 Å². The van der Waals surface area contributed by atoms with E-state index in [0.717, 1.165) is 82.0 Å². The standard InChI is InChI=1S/C21H19NO3.C19H15N3O.C17H13NO.C13H13NO2.C11H7ClO.C6H7N.C2H7NO.2CH4.ClH/c1-2-25-20(23)14-19(16-9-11-22-12-10-16)21(24)18-8-7-15-5-3-4-6-17(15)13-18;23-18-12-17(14-7-9-20-10-8-14)19(22-21-18)16-6-5-13-3-1-2-4-15(13)11-16;19-17(11-13-7-9-18-10-8-13)16-6-5-14-3-1-2-4-15(14)12-16;1-14(16-2)13(15)12-8-7-10-5-3-4-6-11(10)9-12;12-11(13)10-6-5-8-3-1-2-4-9(8)7-10;1-6-2-4-7-5-3-6;1-3-4-2;;;/h3-13,19H,2,14H2,1H3;1-11,17H,12H2,(H,21,23);1-10,12H,11H2;3-9H,1-2H3;1-7H;2-5H,1H3;3H,1-2H3;2*1H4;1H. The van der Waals surface area contributed by atoms with Gasteiger partial charge in [-0.2, -0.15) is 5.10 Å². The lowest BCUT2D eigenvalue weighted by atomic mass is 9.86. The third-order valence-corrected chi connectivity index (χ3v) is 17.3. The highest BCUT2D eigenvalue weighted by atomic mass is 35.5. The number of hydrogen-bond acceptors (Lipinski definition) is 15. The fraction of sp³-hybridized carbons (Fsp3) is 0.154. The SMILES string of the molecule is C.C.CCOC(=O)CC(C(=O)c1ccc2ccccc2c1)c1ccncc1.CNOC.CON(C)C(=O)c1ccc2ccccc2c1.Cc1ccncc1.Cl.O=C(Cc1ccncc1)c1ccc2ccccc2c1.O=C(Cl)c1ccc2ccccc2c1.O=C1CC(c2ccncc2)C(c2ccc3ccccc3c2)=NN1. The molecule has 2 unspecified atom stereocenters. The minimum atomic E-state index is -0.580. The zero-order valence-electron chi connectivity index (χ0n) is 60.6. The lowest BCUT2D eigenvalue weighted by Gasteiger charge is -2.23. The number of amides is 2. The summed E-state index contributed by atoms with van der Waals surface area (Å²) in [5.41, 5.74) is 13.6. The molecule has 4 aromatic heterocycles. The molecule has 0 radical (unpaired) electrons. The van der Waals surface area contributed by atoms with Gasteiger partial charge in [0.25, 0.3) is 11.1 Å². The predicted molar refractivity (Wildman–Crippen MR) is 446 cm³/mol. The molecule has 0 saturated heterocycles. The molecular formula is C91H90Cl2N8O9. The number of aryl methyl sites for hydroxylation is 1. The van der Waals surface area contributed by atoms with Crippen LogP contribution in [0.1, 0.15) is 116 Å². The molecule has 1 aliphatic rings. The van der Waals surface area contributed by atoms with Gasteiger partial charge in [0, 0.05) is 105 Å². The van der Waals surface area contributed by atoms with E-state index in [9.17, 15) is 28.8 Å². The van der Waals surface area contributed by atoms with Crippen molar-refractivity contribution in [3.63, 3.8) is 0 Å². The molecule has 14 aromatic rings. The van der Waals surface area contributed by atoms with Gasteiger partial charge in [0.1, 0.15) is 0 Å². The average Bonchev–Trinajstić information content (AvgIpc) is 0.799. The monoisotopic (exact) mass is 1510 g/mol. The highest BCUT2D eigenvalue weighted by Gasteiger charge is 2.28. The van der Waals surface area contributed by atoms with E-state index in [1.807, 2.05) is 207 Å². The zero-order valence-corrected chi connectivity index (χ0v) is 62.1. The molecule has 1 aliphatic heterocycles. The Morgan fingerprint density at radius 1 is 0.518 bits per heavy atom. The van der Waals surface area contributed by atoms with Gasteiger partial charge >= 0.3 is 5.97 Å². The van der Waals surface area contributed by atoms with Crippen molar-refractivity contribution in [2.24, 2.45) is 5.10 Å². The molecule has 2 atom stereocenters. The van der Waals surface area contributed by atoms with Gasteiger partial charge in [0.05, 0.1) is 38.9 Å². The molecule has 17 nitrogen and oxygen atoms in total. The van der Waals surface area contributed by atoms with Gasteiger partial charge in [-0.05, 0) is 198 Å². The second-order valence-electron chi connectivity index (χ2n) is 24.2. The normalized spacial score (nSPS) is 11.8. The first-order valence-corrected chi connectivity index (χ1v) is 34.8. The van der Waals surface area contributed by atoms with E-state index >= 15 is 0 Å². The van der Waals surface area contributed by atoms with Crippen molar-refractivity contribution >= 4 is 118 Å². The summed E-state index contributed by atoms with van der Waals surface area (Å²) in [5, 5.41) is 16.2. The first-order valence-electron chi connectivity index (χ1n) is 34.4. The quantitative estimate of drug-likeness (QED) is 0.0422. The Labute approximate surface area is 653 Å². The number of hydroxylamine groups is 3. The Balaban J connectivity index is 0.000000208. The Kier molecular flexibility index (Phi) is 35.7. The number of rotatable bonds is 15. The minimum absolute atomic E-state index is 0. The fourth-order valence-corrected chi connectivity index (χ4v) is 11.5. The number of hydrazone groups is 1. The molecule has 562 valence electrons. The number of pyridine rings is 4. The van der Waals surface area contributed by atoms with Crippen LogP contribution in [0.15, 0.2) is 316 Å². The largest absolute Gasteiger partial charge is 0.466 e. The molecule has 0 aliphatic carbocycles. The van der Waals surface area contributed by atoms with E-state index in [1.54, 1.807) is 108 Å². The molecule has 2 amide bonds. The highest BCUT2D eigenvalue weighted by molar-refractivity contribution is 6.67. The number of aromatic nitrogens is 4. The van der Waals surface area contributed by atoms with Crippen LogP contribution in [0, 0.1) is 6.92 Å². The van der Waals surface area contributed by atoms with Gasteiger partial charge < -0.3 is 9.57 Å². The van der Waals surface area contributed by atoms with Crippen LogP contribution in [0.3, 0.4) is 0 Å². The van der Waals surface area contributed by atoms with Crippen LogP contribution in [-0.2, 0) is 30.4 Å². The molecular weight excluding hydrogens is 1420 g/mol. The topological polar surface area (TPSA) is 221 Å². The van der Waals surface area contributed by atoms with Crippen molar-refractivity contribution in [3.05, 3.63) is 360 Å². The number of halogens is 2. The van der Waals surface area contributed by atoms with Crippen LogP contribution in [0.5, 0.6) is 0 Å². The molecule has 0 spiro atoms. The third kappa shape index (κ3) is 25.7. The lowest BCUT2D eigenvalue weighted by Crippen LogP contribution is -2.32. The average molecular weight is 1510 g/mol. The van der Waals surface area contributed by atoms with Crippen molar-refractivity contribution in [3.8, 4) is 0 Å². The van der Waals surface area contributed by atoms with Gasteiger partial charge in [-0.15, -0.1) is 12.4 Å². The summed E-state index contributed by atoms with van der Waals surface area (Å²) in [6, 6.07) is 83.8. The van der Waals surface area contributed by atoms with Gasteiger partial charge in [-0.1, -0.05) is 185 Å². The van der Waals surface area contributed by atoms with E-state index < -0.39 is 11.2 Å². The molecule has 0 fully saturated rings. The Morgan fingerprint density at radius 2 is 0.909 bits per heavy atom. The number of carbonyl (C=O) groups is 6. The maximum atomic E-state index is 13.1. The third-order valence-electron chi connectivity index (χ3n) is 17.1. The number of carbonyl (C=O) groups excluding carboxylic acids is 6. The molecule has 2 N–H and O–H groups in total. The number of fused-ring (bicyclic) bond motifs is 5. The first kappa shape index (κ1) is 86.6. The number of nitrogens with zero attached hydrogens (tertiary/aromatic N) is 6. The van der Waals surface area contributed by atoms with Crippen molar-refractivity contribution in [2.75, 3.05) is 34.9 Å². The lowest BCUT2D eigenvalue weighted by molar-refractivity contribution is -0.143. The van der Waals surface area contributed by atoms with Crippen molar-refractivity contribution in [1.82, 2.24) is 35.9 Å². The number of nitrogens with one attached hydrogen (secondary N) is 2. The molecule has 0 saturated carbocycles. The van der Waals surface area contributed by atoms with Crippen LogP contribution in [0.2, 0.25) is 0 Å². The molecule has 15 rings (SSSR count). The summed E-state index contributed by atoms with van der Waals surface area (Å²) in [7, 11) is 6.34. The summed E-state index contributed by atoms with van der Waals surface area (Å²) in [6.07, 6.45) is 14.6. The first-order chi connectivity index (χ1) is 52.1. The second kappa shape index (κ2) is 45.3. The maximum absolute atomic E-state index is 13.1. The predicted octanol–water partition coefficient (Wildman–Crippen LogP) is 19.6. The Morgan fingerprint density at radius 3 is 1.35 bits per heavy atom. The summed E-state index contributed by atoms with van der Waals surface area (Å²) in [5.74, 6) is -1.17. The number of benzene rings is 10. The minimum Gasteiger partial charge on any atom is -0.466 e. The maximum Gasteiger partial charge on any atom is 0.306 e. The van der Waals surface area contributed by atoms with Gasteiger partial charge in [0.2, 0.25) is 5.91 Å². The summed E-state index contributed by atoms with van der Waals surface area (Å²) >= 11 is 5.36. The number of ketones is 2. The van der Waals surface area contributed by atoms with E-state index in [1.165, 1.54) is 23.1 Å². The Hall–Kier alpha value is -12.4. The number of Topliss-reactive ketones (excluding diaryl/α,β-unsaturated/α-hetero) is 2. The zero-order chi connectivity index (χ0) is 75.7. The van der Waals surface area contributed by atoms with E-state index in [-0.39, 0.29) is 68.9 Å². The van der Waals surface area contributed by atoms with Crippen LogP contribution >= 0.6 is 24.0 Å². The molecule has 5 heterocycles. The van der Waals surface area contributed by atoms with Crippen molar-refractivity contribution < 1.29 is 43.2 Å². The van der Waals surface area contributed by atoms with Crippen LogP contribution in [-0.4, -0.2) is 100 Å². The summed E-state index contributed by atoms with van der Waals surface area (Å²) in [6.45, 7) is 4.10. The number of hydrogen-bond donors (Lipinski definition) is 2. The fourth-order valence-electron chi connectivity index (χ4n) is 11.4. The number of esters is 1. The second-order valence-corrected chi connectivity index (χ2v) is 24.6. The highest BCUT2D eigenvalue weighted by Crippen LogP contribution is 2.30. The van der Waals surface area contributed by atoms with Gasteiger partial charge in [0.15, 0.2) is 11.6 Å². The van der Waals surface area contributed by atoms with Gasteiger partial charge in [-0.25, -0.2) is 16.0 Å². The number of ether oxygens (including phenoxy) is 1. The molecule has 110 heavy (non-hydrogen) atoms. The summed E-state index contributed by atoms with van der Waals surface area (Å²) < 4.78 is 5.04. The van der Waals surface area contributed by atoms with E-state index in [4.69, 9.17) is 21.2 Å². The molecule has 19 heteroatoms. The smallest absolute Gasteiger partial charge is 0.306 e. The van der Waals surface area contributed by atoms with Crippen LogP contribution in [0.4, 0.5) is 0 Å².